The van der Waals surface area contributed by atoms with Crippen molar-refractivity contribution in [3.63, 3.8) is 0 Å². The number of rotatable bonds is 3. The molecule has 0 N–H and O–H groups in total. The van der Waals surface area contributed by atoms with E-state index in [0.717, 1.165) is 36.4 Å². The molecule has 1 amide bonds. The Kier molecular flexibility index (Phi) is 5.62. The van der Waals surface area contributed by atoms with E-state index in [0.29, 0.717) is 26.3 Å². The molecule has 154 valence electrons. The predicted octanol–water partition coefficient (Wildman–Crippen LogP) is 2.12. The molecule has 0 radical (unpaired) electrons. The molecule has 0 saturated carbocycles. The van der Waals surface area contributed by atoms with Crippen molar-refractivity contribution in [3.05, 3.63) is 35.9 Å². The lowest BCUT2D eigenvalue weighted by molar-refractivity contribution is -0.200. The highest BCUT2D eigenvalue weighted by atomic mass is 19.4. The van der Waals surface area contributed by atoms with E-state index in [-0.39, 0.29) is 18.6 Å². The average Bonchev–Trinajstić information content (AvgIpc) is 3.22. The van der Waals surface area contributed by atoms with Crippen LogP contribution in [0.4, 0.5) is 13.2 Å². The molecule has 5 nitrogen and oxygen atoms in total. The van der Waals surface area contributed by atoms with Gasteiger partial charge in [0.05, 0.1) is 31.3 Å². The van der Waals surface area contributed by atoms with Crippen LogP contribution in [-0.4, -0.2) is 84.3 Å². The van der Waals surface area contributed by atoms with Crippen LogP contribution in [0.5, 0.6) is 0 Å². The lowest BCUT2D eigenvalue weighted by atomic mass is 9.91. The molecule has 0 spiro atoms. The van der Waals surface area contributed by atoms with Crippen LogP contribution in [0.3, 0.4) is 0 Å². The van der Waals surface area contributed by atoms with Crippen LogP contribution in [0, 0.1) is 0 Å². The van der Waals surface area contributed by atoms with Crippen molar-refractivity contribution in [3.8, 4) is 0 Å². The molecule has 3 aliphatic rings. The van der Waals surface area contributed by atoms with Crippen LogP contribution < -0.4 is 0 Å². The van der Waals surface area contributed by atoms with Crippen molar-refractivity contribution in [2.45, 2.75) is 43.7 Å². The Morgan fingerprint density at radius 1 is 1.00 bits per heavy atom. The van der Waals surface area contributed by atoms with Gasteiger partial charge in [0.15, 0.2) is 0 Å². The van der Waals surface area contributed by atoms with E-state index in [2.05, 4.69) is 9.80 Å². The highest BCUT2D eigenvalue weighted by molar-refractivity contribution is 5.82. The topological polar surface area (TPSA) is 36.0 Å². The lowest BCUT2D eigenvalue weighted by Crippen LogP contribution is -2.72. The molecule has 0 aliphatic carbocycles. The van der Waals surface area contributed by atoms with Gasteiger partial charge in [0.25, 0.3) is 0 Å². The minimum absolute atomic E-state index is 0.0939. The summed E-state index contributed by atoms with van der Waals surface area (Å²) in [6.45, 7) is 3.58. The molecule has 3 heterocycles. The van der Waals surface area contributed by atoms with Crippen LogP contribution in [0.15, 0.2) is 30.3 Å². The molecule has 3 aliphatic heterocycles. The van der Waals surface area contributed by atoms with E-state index in [1.807, 2.05) is 30.3 Å². The molecule has 4 rings (SSSR count). The maximum atomic E-state index is 13.3. The Morgan fingerprint density at radius 2 is 1.68 bits per heavy atom. The minimum Gasteiger partial charge on any atom is -0.378 e. The Morgan fingerprint density at radius 3 is 2.36 bits per heavy atom. The van der Waals surface area contributed by atoms with Gasteiger partial charge in [-0.25, -0.2) is 0 Å². The highest BCUT2D eigenvalue weighted by Crippen LogP contribution is 2.33. The van der Waals surface area contributed by atoms with Gasteiger partial charge in [-0.15, -0.1) is 0 Å². The normalized spacial score (nSPS) is 29.7. The summed E-state index contributed by atoms with van der Waals surface area (Å²) in [6, 6.07) is 8.97. The van der Waals surface area contributed by atoms with Crippen molar-refractivity contribution in [2.24, 2.45) is 0 Å². The second-order valence-corrected chi connectivity index (χ2v) is 7.86. The molecule has 3 fully saturated rings. The number of alkyl halides is 3. The van der Waals surface area contributed by atoms with E-state index < -0.39 is 18.1 Å². The van der Waals surface area contributed by atoms with Crippen LogP contribution >= 0.6 is 0 Å². The largest absolute Gasteiger partial charge is 0.471 e. The third kappa shape index (κ3) is 3.90. The molecule has 3 atom stereocenters. The first kappa shape index (κ1) is 19.7. The van der Waals surface area contributed by atoms with Crippen molar-refractivity contribution in [1.82, 2.24) is 14.7 Å². The highest BCUT2D eigenvalue weighted by Gasteiger charge is 2.53. The first-order chi connectivity index (χ1) is 13.4. The van der Waals surface area contributed by atoms with Gasteiger partial charge >= 0.3 is 12.1 Å². The number of likely N-dealkylation sites (tertiary alicyclic amines) is 1. The van der Waals surface area contributed by atoms with Gasteiger partial charge in [-0.05, 0) is 31.5 Å². The summed E-state index contributed by atoms with van der Waals surface area (Å²) in [5.41, 5.74) is 1.11. The second-order valence-electron chi connectivity index (χ2n) is 7.86. The molecule has 8 heteroatoms. The summed E-state index contributed by atoms with van der Waals surface area (Å²) in [6.07, 6.45) is -2.77. The van der Waals surface area contributed by atoms with Crippen molar-refractivity contribution in [1.29, 1.82) is 0 Å². The SMILES string of the molecule is O=C(N1CCN(Cc2ccccc2)C2COC[C@H](N3CCCC3)C21)C(F)(F)F. The molecule has 0 bridgehead atoms. The maximum absolute atomic E-state index is 13.3. The molecule has 28 heavy (non-hydrogen) atoms. The second kappa shape index (κ2) is 8.00. The van der Waals surface area contributed by atoms with E-state index in [1.54, 1.807) is 0 Å². The van der Waals surface area contributed by atoms with Crippen molar-refractivity contribution in [2.75, 3.05) is 39.4 Å². The van der Waals surface area contributed by atoms with E-state index in [4.69, 9.17) is 4.74 Å². The van der Waals surface area contributed by atoms with Gasteiger partial charge < -0.3 is 9.64 Å². The number of hydrogen-bond donors (Lipinski definition) is 0. The van der Waals surface area contributed by atoms with Crippen LogP contribution in [-0.2, 0) is 16.1 Å². The quantitative estimate of drug-likeness (QED) is 0.783. The van der Waals surface area contributed by atoms with Crippen LogP contribution in [0.1, 0.15) is 18.4 Å². The monoisotopic (exact) mass is 397 g/mol. The van der Waals surface area contributed by atoms with Gasteiger partial charge in [-0.3, -0.25) is 14.6 Å². The number of hydrogen-bond acceptors (Lipinski definition) is 4. The van der Waals surface area contributed by atoms with Crippen LogP contribution in [0.25, 0.3) is 0 Å². The Bertz CT molecular complexity index is 679. The number of carbonyl (C=O) groups excluding carboxylic acids is 1. The number of amides is 1. The molecule has 1 aromatic rings. The fourth-order valence-electron chi connectivity index (χ4n) is 4.86. The number of benzene rings is 1. The molecular weight excluding hydrogens is 371 g/mol. The molecule has 0 aromatic heterocycles. The number of halogens is 3. The number of fused-ring (bicyclic) bond motifs is 1. The van der Waals surface area contributed by atoms with Gasteiger partial charge in [0, 0.05) is 19.6 Å². The van der Waals surface area contributed by atoms with Gasteiger partial charge in [0.1, 0.15) is 0 Å². The van der Waals surface area contributed by atoms with Gasteiger partial charge in [-0.1, -0.05) is 30.3 Å². The first-order valence-corrected chi connectivity index (χ1v) is 9.93. The zero-order valence-corrected chi connectivity index (χ0v) is 15.8. The van der Waals surface area contributed by atoms with E-state index in [9.17, 15) is 18.0 Å². The average molecular weight is 397 g/mol. The maximum Gasteiger partial charge on any atom is 0.471 e. The predicted molar refractivity (Wildman–Crippen MR) is 97.6 cm³/mol. The molecule has 3 saturated heterocycles. The van der Waals surface area contributed by atoms with E-state index >= 15 is 0 Å². The van der Waals surface area contributed by atoms with Gasteiger partial charge in [0.2, 0.25) is 0 Å². The zero-order valence-electron chi connectivity index (χ0n) is 15.8. The Hall–Kier alpha value is -1.64. The van der Waals surface area contributed by atoms with Crippen molar-refractivity contribution < 1.29 is 22.7 Å². The smallest absolute Gasteiger partial charge is 0.378 e. The number of piperazine rings is 1. The first-order valence-electron chi connectivity index (χ1n) is 9.93. The molecule has 1 aromatic carbocycles. The lowest BCUT2D eigenvalue weighted by Gasteiger charge is -2.54. The number of ether oxygens (including phenoxy) is 1. The summed E-state index contributed by atoms with van der Waals surface area (Å²) in [4.78, 5) is 17.7. The summed E-state index contributed by atoms with van der Waals surface area (Å²) in [7, 11) is 0. The molecular formula is C20H26F3N3O2. The van der Waals surface area contributed by atoms with Gasteiger partial charge in [-0.2, -0.15) is 13.2 Å². The van der Waals surface area contributed by atoms with Crippen molar-refractivity contribution >= 4 is 5.91 Å². The number of carbonyl (C=O) groups is 1. The molecule has 2 unspecified atom stereocenters. The van der Waals surface area contributed by atoms with Crippen LogP contribution in [0.2, 0.25) is 0 Å². The van der Waals surface area contributed by atoms with E-state index in [1.165, 1.54) is 0 Å². The number of nitrogens with zero attached hydrogens (tertiary/aromatic N) is 3. The summed E-state index contributed by atoms with van der Waals surface area (Å²) < 4.78 is 45.7. The summed E-state index contributed by atoms with van der Waals surface area (Å²) >= 11 is 0. The minimum atomic E-state index is -4.85. The third-order valence-electron chi connectivity index (χ3n) is 6.16. The third-order valence-corrected chi connectivity index (χ3v) is 6.16. The standard InChI is InChI=1S/C20H26F3N3O2/c21-20(22,23)19(27)26-11-10-25(12-15-6-2-1-3-7-15)17-14-28-13-16(18(17)26)24-8-4-5-9-24/h1-3,6-7,16-18H,4-5,8-14H2/t16-,17?,18?/m0/s1. The summed E-state index contributed by atoms with van der Waals surface area (Å²) in [5, 5.41) is 0. The Labute approximate surface area is 163 Å². The fourth-order valence-corrected chi connectivity index (χ4v) is 4.86. The summed E-state index contributed by atoms with van der Waals surface area (Å²) in [5.74, 6) is -1.71. The fraction of sp³-hybridized carbons (Fsp3) is 0.650. The zero-order chi connectivity index (χ0) is 19.7. The Balaban J connectivity index is 1.61.